The van der Waals surface area contributed by atoms with Crippen molar-refractivity contribution >= 4 is 17.8 Å². The maximum atomic E-state index is 13.1. The van der Waals surface area contributed by atoms with E-state index in [1.54, 1.807) is 16.5 Å². The van der Waals surface area contributed by atoms with Gasteiger partial charge in [0.25, 0.3) is 0 Å². The van der Waals surface area contributed by atoms with Gasteiger partial charge in [-0.2, -0.15) is 10.1 Å². The zero-order chi connectivity index (χ0) is 23.4. The number of rotatable bonds is 7. The van der Waals surface area contributed by atoms with Gasteiger partial charge in [-0.3, -0.25) is 4.79 Å². The van der Waals surface area contributed by atoms with E-state index < -0.39 is 12.0 Å². The van der Waals surface area contributed by atoms with E-state index in [9.17, 15) is 9.59 Å². The van der Waals surface area contributed by atoms with Crippen LogP contribution in [0.5, 0.6) is 0 Å². The van der Waals surface area contributed by atoms with Crippen molar-refractivity contribution in [2.75, 3.05) is 18.1 Å². The van der Waals surface area contributed by atoms with E-state index in [4.69, 9.17) is 4.74 Å². The van der Waals surface area contributed by atoms with Gasteiger partial charge in [0.2, 0.25) is 11.9 Å². The molecule has 1 amide bonds. The minimum absolute atomic E-state index is 0.000876. The molecule has 1 atom stereocenters. The van der Waals surface area contributed by atoms with Gasteiger partial charge in [-0.15, -0.1) is 0 Å². The van der Waals surface area contributed by atoms with E-state index in [0.717, 1.165) is 16.7 Å². The first-order valence-corrected chi connectivity index (χ1v) is 10.9. The van der Waals surface area contributed by atoms with Crippen molar-refractivity contribution in [1.82, 2.24) is 20.1 Å². The molecule has 0 bridgehead atoms. The number of hydrogen-bond donors (Lipinski definition) is 1. The zero-order valence-electron chi connectivity index (χ0n) is 19.0. The molecule has 0 radical (unpaired) electrons. The molecule has 2 heterocycles. The molecule has 1 aliphatic rings. The van der Waals surface area contributed by atoms with Gasteiger partial charge >= 0.3 is 5.97 Å². The number of nitrogens with zero attached hydrogens (tertiary/aromatic N) is 4. The summed E-state index contributed by atoms with van der Waals surface area (Å²) in [7, 11) is 0. The molecule has 8 nitrogen and oxygen atoms in total. The molecule has 3 aromatic rings. The molecule has 1 N–H and O–H groups in total. The van der Waals surface area contributed by atoms with E-state index in [2.05, 4.69) is 15.4 Å². The molecule has 0 saturated heterocycles. The van der Waals surface area contributed by atoms with Crippen molar-refractivity contribution in [2.45, 2.75) is 33.4 Å². The predicted molar refractivity (Wildman–Crippen MR) is 124 cm³/mol. The Morgan fingerprint density at radius 1 is 1.06 bits per heavy atom. The number of aromatic nitrogens is 3. The number of anilines is 1. The normalized spacial score (nSPS) is 15.2. The first-order chi connectivity index (χ1) is 16.0. The molecule has 8 heteroatoms. The Bertz CT molecular complexity index is 1170. The number of aryl methyl sites for hydroxylation is 1. The molecule has 1 aliphatic heterocycles. The van der Waals surface area contributed by atoms with Crippen molar-refractivity contribution in [2.24, 2.45) is 0 Å². The van der Waals surface area contributed by atoms with Gasteiger partial charge in [-0.05, 0) is 31.9 Å². The highest BCUT2D eigenvalue weighted by molar-refractivity contribution is 5.93. The quantitative estimate of drug-likeness (QED) is 0.562. The maximum absolute atomic E-state index is 13.1. The van der Waals surface area contributed by atoms with Crippen LogP contribution in [0.4, 0.5) is 5.95 Å². The highest BCUT2D eigenvalue weighted by Gasteiger charge is 2.38. The first kappa shape index (κ1) is 22.3. The number of esters is 1. The van der Waals surface area contributed by atoms with Crippen LogP contribution >= 0.6 is 0 Å². The Labute approximate surface area is 192 Å². The molecule has 1 unspecified atom stereocenters. The Morgan fingerprint density at radius 2 is 1.79 bits per heavy atom. The van der Waals surface area contributed by atoms with Crippen molar-refractivity contribution in [3.63, 3.8) is 0 Å². The minimum Gasteiger partial charge on any atom is -0.463 e. The minimum atomic E-state index is -0.495. The maximum Gasteiger partial charge on any atom is 0.338 e. The second kappa shape index (κ2) is 9.68. The summed E-state index contributed by atoms with van der Waals surface area (Å²) in [5.74, 6) is -0.123. The van der Waals surface area contributed by atoms with Gasteiger partial charge in [0.05, 0.1) is 12.2 Å². The molecule has 2 aromatic carbocycles. The van der Waals surface area contributed by atoms with Crippen LogP contribution in [0.2, 0.25) is 0 Å². The lowest BCUT2D eigenvalue weighted by atomic mass is 9.94. The van der Waals surface area contributed by atoms with Gasteiger partial charge in [0.1, 0.15) is 18.9 Å². The highest BCUT2D eigenvalue weighted by atomic mass is 16.5. The van der Waals surface area contributed by atoms with E-state index >= 15 is 0 Å². The summed E-state index contributed by atoms with van der Waals surface area (Å²) in [6.45, 7) is 6.26. The summed E-state index contributed by atoms with van der Waals surface area (Å²) in [5.41, 5.74) is 4.07. The SMILES string of the molecule is CCOC(=O)C1=C(C)N(CC(=O)NCc2ccccc2)c2ncnn2C1c1ccc(C)cc1. The lowest BCUT2D eigenvalue weighted by Gasteiger charge is -2.35. The van der Waals surface area contributed by atoms with Gasteiger partial charge in [-0.25, -0.2) is 9.48 Å². The third kappa shape index (κ3) is 4.64. The number of amides is 1. The topological polar surface area (TPSA) is 89.3 Å². The molecule has 33 heavy (non-hydrogen) atoms. The molecule has 0 spiro atoms. The van der Waals surface area contributed by atoms with Gasteiger partial charge in [0, 0.05) is 12.2 Å². The van der Waals surface area contributed by atoms with Crippen LogP contribution < -0.4 is 10.2 Å². The molecule has 0 fully saturated rings. The second-order valence-corrected chi connectivity index (χ2v) is 7.89. The van der Waals surface area contributed by atoms with Crippen molar-refractivity contribution < 1.29 is 14.3 Å². The van der Waals surface area contributed by atoms with E-state index in [1.807, 2.05) is 68.4 Å². The van der Waals surface area contributed by atoms with Crippen LogP contribution in [0.25, 0.3) is 0 Å². The number of nitrogens with one attached hydrogen (secondary N) is 1. The van der Waals surface area contributed by atoms with Gasteiger partial charge in [0.15, 0.2) is 0 Å². The zero-order valence-corrected chi connectivity index (χ0v) is 19.0. The fourth-order valence-corrected chi connectivity index (χ4v) is 3.95. The summed E-state index contributed by atoms with van der Waals surface area (Å²) >= 11 is 0. The molecule has 0 saturated carbocycles. The molecule has 4 rings (SSSR count). The summed E-state index contributed by atoms with van der Waals surface area (Å²) in [6, 6.07) is 17.1. The average molecular weight is 446 g/mol. The van der Waals surface area contributed by atoms with Crippen LogP contribution in [0, 0.1) is 6.92 Å². The number of fused-ring (bicyclic) bond motifs is 1. The number of allylic oxidation sites excluding steroid dienone is 1. The molecular formula is C25H27N5O3. The van der Waals surface area contributed by atoms with Gasteiger partial charge < -0.3 is 15.0 Å². The molecule has 0 aliphatic carbocycles. The Kier molecular flexibility index (Phi) is 6.53. The van der Waals surface area contributed by atoms with Crippen LogP contribution in [-0.2, 0) is 20.9 Å². The Balaban J connectivity index is 1.67. The highest BCUT2D eigenvalue weighted by Crippen LogP contribution is 2.38. The monoisotopic (exact) mass is 445 g/mol. The number of ether oxygens (including phenoxy) is 1. The van der Waals surface area contributed by atoms with Crippen molar-refractivity contribution in [1.29, 1.82) is 0 Å². The van der Waals surface area contributed by atoms with E-state index in [0.29, 0.717) is 23.8 Å². The lowest BCUT2D eigenvalue weighted by Crippen LogP contribution is -2.42. The van der Waals surface area contributed by atoms with Crippen molar-refractivity contribution in [3.05, 3.63) is 88.9 Å². The van der Waals surface area contributed by atoms with Gasteiger partial charge in [-0.1, -0.05) is 60.2 Å². The molecular weight excluding hydrogens is 418 g/mol. The second-order valence-electron chi connectivity index (χ2n) is 7.89. The molecule has 170 valence electrons. The standard InChI is InChI=1S/C25H27N5O3/c1-4-33-24(32)22-18(3)29(15-21(31)26-14-19-8-6-5-7-9-19)25-27-16-28-30(25)23(22)20-12-10-17(2)11-13-20/h5-13,16,23H,4,14-15H2,1-3H3,(H,26,31). The Morgan fingerprint density at radius 3 is 2.48 bits per heavy atom. The van der Waals surface area contributed by atoms with Crippen molar-refractivity contribution in [3.8, 4) is 0 Å². The lowest BCUT2D eigenvalue weighted by molar-refractivity contribution is -0.139. The number of hydrogen-bond acceptors (Lipinski definition) is 6. The fourth-order valence-electron chi connectivity index (χ4n) is 3.95. The van der Waals surface area contributed by atoms with E-state index in [-0.39, 0.29) is 19.1 Å². The average Bonchev–Trinajstić information content (AvgIpc) is 3.30. The fraction of sp³-hybridized carbons (Fsp3) is 0.280. The van der Waals surface area contributed by atoms with E-state index in [1.165, 1.54) is 6.33 Å². The summed E-state index contributed by atoms with van der Waals surface area (Å²) in [4.78, 5) is 32.0. The third-order valence-electron chi connectivity index (χ3n) is 5.63. The summed E-state index contributed by atoms with van der Waals surface area (Å²) in [6.07, 6.45) is 1.44. The smallest absolute Gasteiger partial charge is 0.338 e. The van der Waals surface area contributed by atoms with Crippen LogP contribution in [0.1, 0.15) is 36.6 Å². The van der Waals surface area contributed by atoms with Crippen LogP contribution in [0.3, 0.4) is 0 Å². The number of benzene rings is 2. The van der Waals surface area contributed by atoms with Crippen LogP contribution in [-0.4, -0.2) is 39.8 Å². The summed E-state index contributed by atoms with van der Waals surface area (Å²) in [5, 5.41) is 7.34. The number of carbonyl (C=O) groups is 2. The van der Waals surface area contributed by atoms with Crippen LogP contribution in [0.15, 0.2) is 72.2 Å². The predicted octanol–water partition coefficient (Wildman–Crippen LogP) is 3.15. The number of carbonyl (C=O) groups excluding carboxylic acids is 2. The Hall–Kier alpha value is -3.94. The first-order valence-electron chi connectivity index (χ1n) is 10.9. The summed E-state index contributed by atoms with van der Waals surface area (Å²) < 4.78 is 7.07. The molecule has 1 aromatic heterocycles. The largest absolute Gasteiger partial charge is 0.463 e. The third-order valence-corrected chi connectivity index (χ3v) is 5.63.